The van der Waals surface area contributed by atoms with Crippen molar-refractivity contribution in [3.05, 3.63) is 64.5 Å². The van der Waals surface area contributed by atoms with Gasteiger partial charge in [0.1, 0.15) is 12.4 Å². The Morgan fingerprint density at radius 2 is 1.89 bits per heavy atom. The molecule has 1 N–H and O–H groups in total. The maximum absolute atomic E-state index is 13.4. The van der Waals surface area contributed by atoms with Crippen molar-refractivity contribution in [2.24, 2.45) is 5.10 Å². The Kier molecular flexibility index (Phi) is 6.32. The number of nitrogens with one attached hydrogen (secondary N) is 1. The Labute approximate surface area is 158 Å². The van der Waals surface area contributed by atoms with Gasteiger partial charge in [-0.2, -0.15) is 5.10 Å². The van der Waals surface area contributed by atoms with Crippen LogP contribution in [0.5, 0.6) is 0 Å². The number of nitrogens with zero attached hydrogens (tertiary/aromatic N) is 2. The fourth-order valence-electron chi connectivity index (χ4n) is 2.49. The van der Waals surface area contributed by atoms with E-state index in [4.69, 9.17) is 0 Å². The third-order valence-electron chi connectivity index (χ3n) is 4.28. The van der Waals surface area contributed by atoms with Crippen LogP contribution in [0.3, 0.4) is 0 Å². The molecule has 1 amide bonds. The molecule has 2 rings (SSSR count). The van der Waals surface area contributed by atoms with Crippen molar-refractivity contribution < 1.29 is 17.6 Å². The van der Waals surface area contributed by atoms with E-state index in [0.29, 0.717) is 0 Å². The van der Waals surface area contributed by atoms with E-state index in [-0.39, 0.29) is 5.69 Å². The standard InChI is InChI=1S/C19H22FN3O3S/c1-13-8-9-16(15(3)14(13)2)11-21-22-19(24)12-23(27(4,25)26)18-7-5-6-17(20)10-18/h5-11H,12H2,1-4H3,(H,22,24)/b21-11-. The van der Waals surface area contributed by atoms with Crippen LogP contribution in [0.15, 0.2) is 41.5 Å². The predicted octanol–water partition coefficient (Wildman–Crippen LogP) is 2.67. The van der Waals surface area contributed by atoms with Gasteiger partial charge in [-0.3, -0.25) is 9.10 Å². The van der Waals surface area contributed by atoms with Crippen LogP contribution in [-0.4, -0.2) is 33.3 Å². The molecule has 0 saturated heterocycles. The fourth-order valence-corrected chi connectivity index (χ4v) is 3.34. The van der Waals surface area contributed by atoms with Crippen LogP contribution in [0, 0.1) is 26.6 Å². The summed E-state index contributed by atoms with van der Waals surface area (Å²) in [6.07, 6.45) is 2.46. The molecule has 0 unspecified atom stereocenters. The number of hydrogen-bond donors (Lipinski definition) is 1. The first-order valence-corrected chi connectivity index (χ1v) is 10.1. The molecule has 0 radical (unpaired) electrons. The van der Waals surface area contributed by atoms with Crippen LogP contribution in [0.2, 0.25) is 0 Å². The maximum Gasteiger partial charge on any atom is 0.260 e. The molecular formula is C19H22FN3O3S. The molecule has 2 aromatic carbocycles. The van der Waals surface area contributed by atoms with Gasteiger partial charge in [-0.05, 0) is 61.2 Å². The first kappa shape index (κ1) is 20.6. The van der Waals surface area contributed by atoms with Gasteiger partial charge in [-0.25, -0.2) is 18.2 Å². The summed E-state index contributed by atoms with van der Waals surface area (Å²) in [7, 11) is -3.77. The van der Waals surface area contributed by atoms with E-state index >= 15 is 0 Å². The molecule has 0 atom stereocenters. The van der Waals surface area contributed by atoms with E-state index in [1.165, 1.54) is 24.4 Å². The molecule has 0 saturated carbocycles. The molecule has 6 nitrogen and oxygen atoms in total. The van der Waals surface area contributed by atoms with E-state index in [9.17, 15) is 17.6 Å². The highest BCUT2D eigenvalue weighted by Gasteiger charge is 2.21. The Morgan fingerprint density at radius 3 is 2.52 bits per heavy atom. The van der Waals surface area contributed by atoms with E-state index in [1.807, 2.05) is 32.9 Å². The van der Waals surface area contributed by atoms with Crippen molar-refractivity contribution in [1.29, 1.82) is 0 Å². The number of aryl methyl sites for hydroxylation is 1. The SMILES string of the molecule is Cc1ccc(/C=N\NC(=O)CN(c2cccc(F)c2)S(C)(=O)=O)c(C)c1C. The van der Waals surface area contributed by atoms with Crippen molar-refractivity contribution in [3.63, 3.8) is 0 Å². The Bertz CT molecular complexity index is 988. The Balaban J connectivity index is 2.12. The van der Waals surface area contributed by atoms with E-state index in [1.54, 1.807) is 0 Å². The Hall–Kier alpha value is -2.74. The third kappa shape index (κ3) is 5.37. The number of sulfonamides is 1. The van der Waals surface area contributed by atoms with Crippen LogP contribution in [0.1, 0.15) is 22.3 Å². The zero-order valence-corrected chi connectivity index (χ0v) is 16.5. The average Bonchev–Trinajstić information content (AvgIpc) is 2.58. The lowest BCUT2D eigenvalue weighted by Crippen LogP contribution is -2.39. The quantitative estimate of drug-likeness (QED) is 0.607. The lowest BCUT2D eigenvalue weighted by molar-refractivity contribution is -0.119. The minimum Gasteiger partial charge on any atom is -0.271 e. The smallest absolute Gasteiger partial charge is 0.260 e. The normalized spacial score (nSPS) is 11.6. The summed E-state index contributed by atoms with van der Waals surface area (Å²) in [6.45, 7) is 5.47. The molecule has 0 aliphatic carbocycles. The number of benzene rings is 2. The molecule has 0 fully saturated rings. The highest BCUT2D eigenvalue weighted by Crippen LogP contribution is 2.18. The van der Waals surface area contributed by atoms with Gasteiger partial charge in [-0.1, -0.05) is 18.2 Å². The molecule has 0 bridgehead atoms. The molecular weight excluding hydrogens is 369 g/mol. The number of carbonyl (C=O) groups excluding carboxylic acids is 1. The topological polar surface area (TPSA) is 78.8 Å². The van der Waals surface area contributed by atoms with Crippen LogP contribution in [0.25, 0.3) is 0 Å². The summed E-state index contributed by atoms with van der Waals surface area (Å²) < 4.78 is 38.2. The molecule has 0 aromatic heterocycles. The first-order chi connectivity index (χ1) is 12.6. The van der Waals surface area contributed by atoms with Gasteiger partial charge in [0.25, 0.3) is 5.91 Å². The summed E-state index contributed by atoms with van der Waals surface area (Å²) in [5.74, 6) is -1.23. The predicted molar refractivity (Wildman–Crippen MR) is 105 cm³/mol. The van der Waals surface area contributed by atoms with E-state index in [2.05, 4.69) is 10.5 Å². The third-order valence-corrected chi connectivity index (χ3v) is 5.42. The second kappa shape index (κ2) is 8.30. The van der Waals surface area contributed by atoms with Crippen molar-refractivity contribution in [2.45, 2.75) is 20.8 Å². The van der Waals surface area contributed by atoms with Crippen molar-refractivity contribution >= 4 is 27.8 Å². The second-order valence-electron chi connectivity index (χ2n) is 6.26. The molecule has 144 valence electrons. The minimum atomic E-state index is -3.77. The van der Waals surface area contributed by atoms with Gasteiger partial charge in [-0.15, -0.1) is 0 Å². The van der Waals surface area contributed by atoms with Crippen LogP contribution >= 0.6 is 0 Å². The van der Waals surface area contributed by atoms with E-state index < -0.39 is 28.3 Å². The largest absolute Gasteiger partial charge is 0.271 e. The monoisotopic (exact) mass is 391 g/mol. The van der Waals surface area contributed by atoms with Crippen LogP contribution < -0.4 is 9.73 Å². The maximum atomic E-state index is 13.4. The fraction of sp³-hybridized carbons (Fsp3) is 0.263. The van der Waals surface area contributed by atoms with E-state index in [0.717, 1.165) is 38.9 Å². The zero-order chi connectivity index (χ0) is 20.2. The summed E-state index contributed by atoms with van der Waals surface area (Å²) in [4.78, 5) is 12.1. The lowest BCUT2D eigenvalue weighted by Gasteiger charge is -2.21. The Morgan fingerprint density at radius 1 is 1.19 bits per heavy atom. The first-order valence-electron chi connectivity index (χ1n) is 8.21. The van der Waals surface area contributed by atoms with Crippen molar-refractivity contribution in [2.75, 3.05) is 17.1 Å². The average molecular weight is 391 g/mol. The van der Waals surface area contributed by atoms with Crippen molar-refractivity contribution in [1.82, 2.24) is 5.43 Å². The molecule has 0 aliphatic heterocycles. The minimum absolute atomic E-state index is 0.0710. The molecule has 8 heteroatoms. The van der Waals surface area contributed by atoms with Gasteiger partial charge in [0.05, 0.1) is 18.2 Å². The summed E-state index contributed by atoms with van der Waals surface area (Å²) >= 11 is 0. The number of halogens is 1. The van der Waals surface area contributed by atoms with Crippen LogP contribution in [-0.2, 0) is 14.8 Å². The number of hydrazone groups is 1. The number of rotatable bonds is 6. The van der Waals surface area contributed by atoms with Gasteiger partial charge in [0.2, 0.25) is 10.0 Å². The van der Waals surface area contributed by atoms with Gasteiger partial charge in [0.15, 0.2) is 0 Å². The molecule has 27 heavy (non-hydrogen) atoms. The highest BCUT2D eigenvalue weighted by atomic mass is 32.2. The number of hydrogen-bond acceptors (Lipinski definition) is 4. The summed E-state index contributed by atoms with van der Waals surface area (Å²) in [6, 6.07) is 8.89. The van der Waals surface area contributed by atoms with Crippen molar-refractivity contribution in [3.8, 4) is 0 Å². The zero-order valence-electron chi connectivity index (χ0n) is 15.7. The molecule has 0 heterocycles. The number of carbonyl (C=O) groups is 1. The molecule has 2 aromatic rings. The molecule has 0 aliphatic rings. The van der Waals surface area contributed by atoms with Crippen LogP contribution in [0.4, 0.5) is 10.1 Å². The number of amides is 1. The van der Waals surface area contributed by atoms with Gasteiger partial charge >= 0.3 is 0 Å². The summed E-state index contributed by atoms with van der Waals surface area (Å²) in [5, 5.41) is 3.90. The number of anilines is 1. The highest BCUT2D eigenvalue weighted by molar-refractivity contribution is 7.92. The van der Waals surface area contributed by atoms with Gasteiger partial charge in [0, 0.05) is 0 Å². The second-order valence-corrected chi connectivity index (χ2v) is 8.17. The summed E-state index contributed by atoms with van der Waals surface area (Å²) in [5.41, 5.74) is 6.58. The van der Waals surface area contributed by atoms with Gasteiger partial charge < -0.3 is 0 Å². The molecule has 0 spiro atoms. The lowest BCUT2D eigenvalue weighted by atomic mass is 10.00.